The first-order chi connectivity index (χ1) is 13.5. The molecule has 2 N–H and O–H groups in total. The molecule has 0 saturated carbocycles. The molecule has 1 aromatic carbocycles. The third kappa shape index (κ3) is 4.77. The normalized spacial score (nSPS) is 24.3. The summed E-state index contributed by atoms with van der Waals surface area (Å²) in [7, 11) is 3.69. The van der Waals surface area contributed by atoms with Gasteiger partial charge in [-0.15, -0.1) is 0 Å². The number of likely N-dealkylation sites (N-methyl/N-ethyl adjacent to an activating group) is 1. The number of hydrogen-bond donors (Lipinski definition) is 2. The summed E-state index contributed by atoms with van der Waals surface area (Å²) < 4.78 is 5.11. The average molecular weight is 392 g/mol. The van der Waals surface area contributed by atoms with Crippen LogP contribution in [0.2, 0.25) is 0 Å². The summed E-state index contributed by atoms with van der Waals surface area (Å²) in [5.74, 6) is 0.695. The van der Waals surface area contributed by atoms with Gasteiger partial charge in [0, 0.05) is 58.0 Å². The van der Waals surface area contributed by atoms with E-state index in [0.29, 0.717) is 36.4 Å². The van der Waals surface area contributed by atoms with Gasteiger partial charge in [0.25, 0.3) is 5.91 Å². The number of piperazine rings is 1. The minimum absolute atomic E-state index is 0.0440. The monoisotopic (exact) mass is 391 g/mol. The van der Waals surface area contributed by atoms with Gasteiger partial charge in [-0.3, -0.25) is 9.69 Å². The van der Waals surface area contributed by atoms with Crippen LogP contribution in [-0.4, -0.2) is 96.9 Å². The molecule has 3 rings (SSSR count). The topological polar surface area (TPSA) is 76.5 Å². The first kappa shape index (κ1) is 20.9. The second kappa shape index (κ2) is 9.58. The number of aromatic hydroxyl groups is 1. The largest absolute Gasteiger partial charge is 0.507 e. The van der Waals surface area contributed by atoms with Crippen molar-refractivity contribution in [1.29, 1.82) is 0 Å². The van der Waals surface area contributed by atoms with Crippen molar-refractivity contribution >= 4 is 5.91 Å². The molecule has 2 atom stereocenters. The lowest BCUT2D eigenvalue weighted by atomic mass is 9.86. The standard InChI is InChI=1S/C21H33N3O4/c1-22-9-11-23(12-10-22)19-7-8-24(15-16(19)4-3-13-25)21(27)18-6-5-17(28-2)14-20(18)26/h5-6,14,16,19,25-26H,3-4,7-13,15H2,1-2H3/t16-,19+/m0/s1. The van der Waals surface area contributed by atoms with Crippen molar-refractivity contribution < 1.29 is 19.7 Å². The lowest BCUT2D eigenvalue weighted by Gasteiger charge is -2.46. The molecule has 0 radical (unpaired) electrons. The van der Waals surface area contributed by atoms with Crippen molar-refractivity contribution in [3.63, 3.8) is 0 Å². The highest BCUT2D eigenvalue weighted by Gasteiger charge is 2.36. The smallest absolute Gasteiger partial charge is 0.257 e. The highest BCUT2D eigenvalue weighted by molar-refractivity contribution is 5.97. The van der Waals surface area contributed by atoms with Crippen LogP contribution in [0.3, 0.4) is 0 Å². The predicted molar refractivity (Wildman–Crippen MR) is 108 cm³/mol. The number of carbonyl (C=O) groups is 1. The van der Waals surface area contributed by atoms with Crippen LogP contribution in [0.4, 0.5) is 0 Å². The number of aliphatic hydroxyl groups excluding tert-OH is 1. The van der Waals surface area contributed by atoms with Gasteiger partial charge < -0.3 is 24.7 Å². The fourth-order valence-corrected chi connectivity index (χ4v) is 4.47. The highest BCUT2D eigenvalue weighted by atomic mass is 16.5. The van der Waals surface area contributed by atoms with Gasteiger partial charge in [0.1, 0.15) is 11.5 Å². The molecule has 7 nitrogen and oxygen atoms in total. The molecule has 28 heavy (non-hydrogen) atoms. The van der Waals surface area contributed by atoms with Gasteiger partial charge in [-0.2, -0.15) is 0 Å². The Hall–Kier alpha value is -1.83. The second-order valence-corrected chi connectivity index (χ2v) is 7.96. The Labute approximate surface area is 167 Å². The van der Waals surface area contributed by atoms with Gasteiger partial charge in [-0.25, -0.2) is 0 Å². The number of rotatable bonds is 6. The van der Waals surface area contributed by atoms with Gasteiger partial charge in [-0.05, 0) is 44.4 Å². The number of aliphatic hydroxyl groups is 1. The van der Waals surface area contributed by atoms with Crippen molar-refractivity contribution in [3.05, 3.63) is 23.8 Å². The maximum absolute atomic E-state index is 13.0. The minimum atomic E-state index is -0.133. The van der Waals surface area contributed by atoms with Crippen molar-refractivity contribution in [2.75, 3.05) is 60.0 Å². The van der Waals surface area contributed by atoms with Crippen LogP contribution in [0.25, 0.3) is 0 Å². The van der Waals surface area contributed by atoms with E-state index in [4.69, 9.17) is 4.74 Å². The van der Waals surface area contributed by atoms with Gasteiger partial charge in [0.05, 0.1) is 12.7 Å². The van der Waals surface area contributed by atoms with E-state index in [1.807, 2.05) is 4.90 Å². The van der Waals surface area contributed by atoms with Crippen molar-refractivity contribution in [1.82, 2.24) is 14.7 Å². The zero-order chi connectivity index (χ0) is 20.1. The Bertz CT molecular complexity index is 661. The SMILES string of the molecule is COc1ccc(C(=O)N2CC[C@@H](N3CCN(C)CC3)[C@@H](CCCO)C2)c(O)c1. The van der Waals surface area contributed by atoms with Crippen LogP contribution in [0.1, 0.15) is 29.6 Å². The number of nitrogens with zero attached hydrogens (tertiary/aromatic N) is 3. The molecule has 2 aliphatic rings. The Morgan fingerprint density at radius 2 is 1.96 bits per heavy atom. The molecule has 2 fully saturated rings. The highest BCUT2D eigenvalue weighted by Crippen LogP contribution is 2.30. The molecule has 2 aliphatic heterocycles. The van der Waals surface area contributed by atoms with Crippen LogP contribution < -0.4 is 4.74 Å². The summed E-state index contributed by atoms with van der Waals surface area (Å²) in [5.41, 5.74) is 0.319. The minimum Gasteiger partial charge on any atom is -0.507 e. The third-order valence-electron chi connectivity index (χ3n) is 6.16. The molecule has 7 heteroatoms. The van der Waals surface area contributed by atoms with Crippen LogP contribution in [-0.2, 0) is 0 Å². The van der Waals surface area contributed by atoms with E-state index in [1.54, 1.807) is 12.1 Å². The summed E-state index contributed by atoms with van der Waals surface area (Å²) in [6.07, 6.45) is 2.60. The Balaban J connectivity index is 1.70. The van der Waals surface area contributed by atoms with Gasteiger partial charge >= 0.3 is 0 Å². The number of phenolic OH excluding ortho intramolecular Hbond substituents is 1. The molecule has 0 aromatic heterocycles. The molecule has 0 bridgehead atoms. The van der Waals surface area contributed by atoms with E-state index in [1.165, 1.54) is 13.2 Å². The summed E-state index contributed by atoms with van der Waals surface area (Å²) in [6, 6.07) is 5.26. The molecule has 156 valence electrons. The molecule has 1 aromatic rings. The summed E-state index contributed by atoms with van der Waals surface area (Å²) >= 11 is 0. The third-order valence-corrected chi connectivity index (χ3v) is 6.16. The van der Waals surface area contributed by atoms with Gasteiger partial charge in [-0.1, -0.05) is 0 Å². The lowest BCUT2D eigenvalue weighted by Crippen LogP contribution is -2.56. The van der Waals surface area contributed by atoms with Crippen molar-refractivity contribution in [2.24, 2.45) is 5.92 Å². The fourth-order valence-electron chi connectivity index (χ4n) is 4.47. The van der Waals surface area contributed by atoms with E-state index < -0.39 is 0 Å². The number of methoxy groups -OCH3 is 1. The van der Waals surface area contributed by atoms with E-state index in [2.05, 4.69) is 16.8 Å². The van der Waals surface area contributed by atoms with E-state index in [-0.39, 0.29) is 18.3 Å². The maximum Gasteiger partial charge on any atom is 0.257 e. The predicted octanol–water partition coefficient (Wildman–Crippen LogP) is 1.25. The number of amides is 1. The quantitative estimate of drug-likeness (QED) is 0.760. The van der Waals surface area contributed by atoms with E-state index >= 15 is 0 Å². The van der Waals surface area contributed by atoms with E-state index in [9.17, 15) is 15.0 Å². The zero-order valence-corrected chi connectivity index (χ0v) is 17.0. The summed E-state index contributed by atoms with van der Waals surface area (Å²) in [5, 5.41) is 19.6. The number of phenols is 1. The van der Waals surface area contributed by atoms with Crippen LogP contribution >= 0.6 is 0 Å². The molecular weight excluding hydrogens is 358 g/mol. The van der Waals surface area contributed by atoms with Gasteiger partial charge in [0.2, 0.25) is 0 Å². The number of benzene rings is 1. The summed E-state index contributed by atoms with van der Waals surface area (Å²) in [4.78, 5) is 19.8. The molecule has 0 aliphatic carbocycles. The first-order valence-electron chi connectivity index (χ1n) is 10.2. The number of ether oxygens (including phenoxy) is 1. The van der Waals surface area contributed by atoms with Crippen LogP contribution in [0.5, 0.6) is 11.5 Å². The molecule has 2 saturated heterocycles. The van der Waals surface area contributed by atoms with Crippen LogP contribution in [0, 0.1) is 5.92 Å². The Morgan fingerprint density at radius 1 is 1.21 bits per heavy atom. The Morgan fingerprint density at radius 3 is 2.61 bits per heavy atom. The molecule has 0 spiro atoms. The molecule has 0 unspecified atom stereocenters. The number of likely N-dealkylation sites (tertiary alicyclic amines) is 1. The second-order valence-electron chi connectivity index (χ2n) is 7.96. The fraction of sp³-hybridized carbons (Fsp3) is 0.667. The average Bonchev–Trinajstić information content (AvgIpc) is 2.72. The maximum atomic E-state index is 13.0. The molecule has 1 amide bonds. The van der Waals surface area contributed by atoms with E-state index in [0.717, 1.165) is 45.4 Å². The zero-order valence-electron chi connectivity index (χ0n) is 17.0. The van der Waals surface area contributed by atoms with Gasteiger partial charge in [0.15, 0.2) is 0 Å². The van der Waals surface area contributed by atoms with Crippen molar-refractivity contribution in [2.45, 2.75) is 25.3 Å². The number of carbonyl (C=O) groups excluding carboxylic acids is 1. The molecule has 2 heterocycles. The Kier molecular flexibility index (Phi) is 7.15. The first-order valence-corrected chi connectivity index (χ1v) is 10.2. The van der Waals surface area contributed by atoms with Crippen LogP contribution in [0.15, 0.2) is 18.2 Å². The number of hydrogen-bond acceptors (Lipinski definition) is 6. The van der Waals surface area contributed by atoms with Crippen molar-refractivity contribution in [3.8, 4) is 11.5 Å². The molecular formula is C21H33N3O4. The lowest BCUT2D eigenvalue weighted by molar-refractivity contribution is 0.0216. The summed E-state index contributed by atoms with van der Waals surface area (Å²) in [6.45, 7) is 5.81. The number of piperidine rings is 1.